The average Bonchev–Trinajstić information content (AvgIpc) is 3.20. The number of amides is 1. The molecule has 3 aromatic rings. The van der Waals surface area contributed by atoms with Gasteiger partial charge in [-0.2, -0.15) is 13.0 Å². The van der Waals surface area contributed by atoms with Crippen molar-refractivity contribution in [2.45, 2.75) is 57.9 Å². The summed E-state index contributed by atoms with van der Waals surface area (Å²) in [6.07, 6.45) is 13.7. The van der Waals surface area contributed by atoms with Crippen LogP contribution in [0.2, 0.25) is 0 Å². The number of halogens is 1. The summed E-state index contributed by atoms with van der Waals surface area (Å²) in [6, 6.07) is 19.0. The second-order valence-electron chi connectivity index (χ2n) is 12.8. The van der Waals surface area contributed by atoms with Crippen LogP contribution in [0.1, 0.15) is 57.2 Å². The van der Waals surface area contributed by atoms with Crippen molar-refractivity contribution in [3.63, 3.8) is 0 Å². The Morgan fingerprint density at radius 3 is 2.50 bits per heavy atom. The fourth-order valence-corrected chi connectivity index (χ4v) is 6.98. The Balaban J connectivity index is 1.47. The van der Waals surface area contributed by atoms with E-state index in [4.69, 9.17) is 4.55 Å². The standard InChI is InChI=1S/C37H44IN3O4S/c1-36(2,35-29-15-10-9-14-28(29)18-19-31(35)39-22-12-13-23-46(43,44)45)21-11-7-6-8-16-33-37(3,4)30-24-27(26-40-34(42)25-38)17-20-32(30)41(33)5/h6-11,14-21,24,39H,12-13,22-23,25-26H2,1-5H3,(H-,40,42,43,44,45)/p+1/b7-6+,16-8+,21-11+. The Kier molecular flexibility index (Phi) is 11.7. The van der Waals surface area contributed by atoms with Crippen molar-refractivity contribution in [3.8, 4) is 0 Å². The third-order valence-corrected chi connectivity index (χ3v) is 10.0. The first-order valence-corrected chi connectivity index (χ1v) is 18.7. The van der Waals surface area contributed by atoms with Gasteiger partial charge in [0.1, 0.15) is 7.05 Å². The van der Waals surface area contributed by atoms with Gasteiger partial charge in [0.05, 0.1) is 15.6 Å². The number of rotatable bonds is 14. The molecule has 3 N–H and O–H groups in total. The van der Waals surface area contributed by atoms with E-state index in [2.05, 4.69) is 158 Å². The van der Waals surface area contributed by atoms with Crippen molar-refractivity contribution < 1.29 is 22.3 Å². The van der Waals surface area contributed by atoms with Gasteiger partial charge in [-0.15, -0.1) is 0 Å². The summed E-state index contributed by atoms with van der Waals surface area (Å²) in [4.78, 5) is 11.7. The third kappa shape index (κ3) is 8.74. The molecule has 1 aliphatic rings. The van der Waals surface area contributed by atoms with Crippen molar-refractivity contribution >= 4 is 66.5 Å². The highest BCUT2D eigenvalue weighted by molar-refractivity contribution is 14.1. The molecule has 0 radical (unpaired) electrons. The van der Waals surface area contributed by atoms with Crippen LogP contribution in [-0.2, 0) is 32.3 Å². The highest BCUT2D eigenvalue weighted by Gasteiger charge is 2.42. The van der Waals surface area contributed by atoms with Crippen LogP contribution in [-0.4, -0.2) is 52.9 Å². The lowest BCUT2D eigenvalue weighted by Crippen LogP contribution is -2.27. The van der Waals surface area contributed by atoms with Gasteiger partial charge in [-0.1, -0.05) is 103 Å². The topological polar surface area (TPSA) is 98.5 Å². The van der Waals surface area contributed by atoms with E-state index in [1.54, 1.807) is 0 Å². The average molecular weight is 755 g/mol. The normalized spacial score (nSPS) is 15.0. The minimum Gasteiger partial charge on any atom is -0.385 e. The number of carbonyl (C=O) groups excluding carboxylic acids is 1. The molecule has 7 nitrogen and oxygen atoms in total. The molecule has 1 amide bonds. The summed E-state index contributed by atoms with van der Waals surface area (Å²) < 4.78 is 33.9. The lowest BCUT2D eigenvalue weighted by Gasteiger charge is -2.27. The molecule has 9 heteroatoms. The Hall–Kier alpha value is -3.28. The SMILES string of the molecule is C[N+]1=C(/C=C/C=C/C=C/C(C)(C)c2c(NCCCCS(=O)(=O)O)ccc3ccccc23)C(C)(C)c2cc(CNC(=O)CI)ccc21. The molecular weight excluding hydrogens is 709 g/mol. The second-order valence-corrected chi connectivity index (χ2v) is 15.1. The van der Waals surface area contributed by atoms with Crippen LogP contribution in [0, 0.1) is 0 Å². The lowest BCUT2D eigenvalue weighted by molar-refractivity contribution is -0.401. The molecule has 46 heavy (non-hydrogen) atoms. The summed E-state index contributed by atoms with van der Waals surface area (Å²) in [5, 5.41) is 8.81. The van der Waals surface area contributed by atoms with E-state index in [1.165, 1.54) is 27.9 Å². The van der Waals surface area contributed by atoms with Gasteiger partial charge < -0.3 is 10.6 Å². The van der Waals surface area contributed by atoms with Gasteiger partial charge in [-0.3, -0.25) is 9.35 Å². The fraction of sp³-hybridized carbons (Fsp3) is 0.351. The molecule has 0 saturated carbocycles. The molecule has 0 saturated heterocycles. The van der Waals surface area contributed by atoms with E-state index in [1.807, 2.05) is 6.07 Å². The Labute approximate surface area is 287 Å². The molecule has 0 spiro atoms. The first-order valence-electron chi connectivity index (χ1n) is 15.6. The van der Waals surface area contributed by atoms with Gasteiger partial charge in [0.15, 0.2) is 5.71 Å². The highest BCUT2D eigenvalue weighted by atomic mass is 127. The molecule has 244 valence electrons. The van der Waals surface area contributed by atoms with Gasteiger partial charge in [-0.25, -0.2) is 0 Å². The van der Waals surface area contributed by atoms with E-state index in [0.29, 0.717) is 30.4 Å². The largest absolute Gasteiger partial charge is 0.385 e. The second kappa shape index (κ2) is 15.1. The molecule has 0 bridgehead atoms. The van der Waals surface area contributed by atoms with Crippen molar-refractivity contribution in [2.24, 2.45) is 0 Å². The number of anilines is 1. The first-order chi connectivity index (χ1) is 21.7. The number of alkyl halides is 1. The molecule has 4 rings (SSSR count). The van der Waals surface area contributed by atoms with Crippen LogP contribution in [0.3, 0.4) is 0 Å². The minimum absolute atomic E-state index is 0.0395. The highest BCUT2D eigenvalue weighted by Crippen LogP contribution is 2.40. The summed E-state index contributed by atoms with van der Waals surface area (Å²) in [6.45, 7) is 10.00. The van der Waals surface area contributed by atoms with Crippen LogP contribution in [0.15, 0.2) is 91.1 Å². The maximum Gasteiger partial charge on any atom is 0.264 e. The van der Waals surface area contributed by atoms with Crippen LogP contribution in [0.5, 0.6) is 0 Å². The molecule has 0 fully saturated rings. The van der Waals surface area contributed by atoms with E-state index in [0.717, 1.165) is 16.6 Å². The van der Waals surface area contributed by atoms with E-state index in [9.17, 15) is 13.2 Å². The van der Waals surface area contributed by atoms with Gasteiger partial charge >= 0.3 is 0 Å². The molecule has 1 aliphatic heterocycles. The Bertz CT molecular complexity index is 1820. The van der Waals surface area contributed by atoms with E-state index < -0.39 is 10.1 Å². The number of benzene rings is 3. The zero-order valence-corrected chi connectivity index (χ0v) is 30.3. The minimum atomic E-state index is -3.94. The smallest absolute Gasteiger partial charge is 0.264 e. The number of carbonyl (C=O) groups is 1. The molecule has 0 atom stereocenters. The number of nitrogens with zero attached hydrogens (tertiary/aromatic N) is 1. The summed E-state index contributed by atoms with van der Waals surface area (Å²) in [5.74, 6) is -0.188. The maximum atomic E-state index is 11.7. The van der Waals surface area contributed by atoms with E-state index >= 15 is 0 Å². The number of fused-ring (bicyclic) bond motifs is 2. The number of hydrogen-bond donors (Lipinski definition) is 3. The predicted molar refractivity (Wildman–Crippen MR) is 200 cm³/mol. The molecule has 0 aromatic heterocycles. The summed E-state index contributed by atoms with van der Waals surface area (Å²) in [7, 11) is -1.84. The molecule has 1 heterocycles. The predicted octanol–water partition coefficient (Wildman–Crippen LogP) is 7.62. The first kappa shape index (κ1) is 35.6. The molecule has 0 unspecified atom stereocenters. The van der Waals surface area contributed by atoms with Crippen LogP contribution in [0.4, 0.5) is 11.4 Å². The fourth-order valence-electron chi connectivity index (χ4n) is 6.14. The lowest BCUT2D eigenvalue weighted by atomic mass is 9.80. The summed E-state index contributed by atoms with van der Waals surface area (Å²) >= 11 is 2.07. The molecular formula is C37H45IN3O4S+. The molecule has 3 aromatic carbocycles. The van der Waals surface area contributed by atoms with Crippen LogP contribution in [0.25, 0.3) is 10.8 Å². The quantitative estimate of drug-likeness (QED) is 0.0393. The zero-order chi connectivity index (χ0) is 33.5. The van der Waals surface area contributed by atoms with Gasteiger partial charge in [-0.05, 0) is 60.7 Å². The van der Waals surface area contributed by atoms with Gasteiger partial charge in [0.25, 0.3) is 10.1 Å². The maximum absolute atomic E-state index is 11.7. The Morgan fingerprint density at radius 2 is 1.76 bits per heavy atom. The Morgan fingerprint density at radius 1 is 1.02 bits per heavy atom. The van der Waals surface area contributed by atoms with Crippen molar-refractivity contribution in [3.05, 3.63) is 108 Å². The third-order valence-electron chi connectivity index (χ3n) is 8.53. The van der Waals surface area contributed by atoms with Crippen molar-refractivity contribution in [2.75, 3.05) is 29.1 Å². The monoisotopic (exact) mass is 754 g/mol. The van der Waals surface area contributed by atoms with Crippen LogP contribution >= 0.6 is 22.6 Å². The van der Waals surface area contributed by atoms with Gasteiger partial charge in [0.2, 0.25) is 11.6 Å². The van der Waals surface area contributed by atoms with Crippen molar-refractivity contribution in [1.82, 2.24) is 5.32 Å². The zero-order valence-electron chi connectivity index (χ0n) is 27.3. The van der Waals surface area contributed by atoms with Crippen LogP contribution < -0.4 is 10.6 Å². The van der Waals surface area contributed by atoms with Crippen molar-refractivity contribution in [1.29, 1.82) is 0 Å². The number of nitrogens with one attached hydrogen (secondary N) is 2. The number of hydrogen-bond acceptors (Lipinski definition) is 4. The summed E-state index contributed by atoms with van der Waals surface area (Å²) in [5.41, 5.74) is 6.43. The number of allylic oxidation sites excluding steroid dienone is 6. The van der Waals surface area contributed by atoms with Gasteiger partial charge in [0, 0.05) is 41.9 Å². The number of unbranched alkanes of at least 4 members (excludes halogenated alkanes) is 1. The molecule has 0 aliphatic carbocycles. The van der Waals surface area contributed by atoms with E-state index in [-0.39, 0.29) is 22.5 Å².